The molecule has 0 amide bonds. The van der Waals surface area contributed by atoms with Gasteiger partial charge in [-0.2, -0.15) is 0 Å². The number of halogens is 4. The van der Waals surface area contributed by atoms with Gasteiger partial charge >= 0.3 is 0 Å². The molecule has 0 atom stereocenters. The molecule has 0 bridgehead atoms. The summed E-state index contributed by atoms with van der Waals surface area (Å²) in [7, 11) is 0. The Kier molecular flexibility index (Phi) is 8.51. The third-order valence-electron chi connectivity index (χ3n) is 1.65. The summed E-state index contributed by atoms with van der Waals surface area (Å²) < 4.78 is -1.16. The van der Waals surface area contributed by atoms with Crippen molar-refractivity contribution < 1.29 is 0 Å². The quantitative estimate of drug-likeness (QED) is 0.468. The number of rotatable bonds is 5. The van der Waals surface area contributed by atoms with Crippen LogP contribution in [-0.2, 0) is 0 Å². The van der Waals surface area contributed by atoms with Crippen LogP contribution in [0.1, 0.15) is 26.2 Å². The van der Waals surface area contributed by atoms with Gasteiger partial charge in [0.05, 0.1) is 0 Å². The second-order valence-corrected chi connectivity index (χ2v) is 6.20. The first-order valence-corrected chi connectivity index (χ1v) is 6.64. The lowest BCUT2D eigenvalue weighted by atomic mass is 10.1. The van der Waals surface area contributed by atoms with E-state index in [1.807, 2.05) is 12.2 Å². The highest BCUT2D eigenvalue weighted by Crippen LogP contribution is 2.30. The van der Waals surface area contributed by atoms with E-state index in [1.165, 1.54) is 5.57 Å². The van der Waals surface area contributed by atoms with E-state index in [0.717, 1.165) is 18.2 Å². The lowest BCUT2D eigenvalue weighted by Gasteiger charge is -2.05. The number of hydrogen-bond acceptors (Lipinski definition) is 0. The lowest BCUT2D eigenvalue weighted by molar-refractivity contribution is 0.960. The average molecular weight is 320 g/mol. The maximum Gasteiger partial charge on any atom is 0.194 e. The lowest BCUT2D eigenvalue weighted by Crippen LogP contribution is -1.97. The number of alkyl halides is 4. The second-order valence-electron chi connectivity index (χ2n) is 3.03. The van der Waals surface area contributed by atoms with Crippen molar-refractivity contribution in [3.05, 3.63) is 23.8 Å². The maximum absolute atomic E-state index is 5.59. The molecule has 0 aromatic carbocycles. The van der Waals surface area contributed by atoms with Crippen LogP contribution >= 0.6 is 50.7 Å². The van der Waals surface area contributed by atoms with Gasteiger partial charge < -0.3 is 0 Å². The molecule has 0 aliphatic rings. The highest BCUT2D eigenvalue weighted by Gasteiger charge is 2.16. The normalized spacial score (nSPS) is 13.9. The Balaban J connectivity index is 3.59. The zero-order valence-corrected chi connectivity index (χ0v) is 11.9. The molecule has 82 valence electrons. The van der Waals surface area contributed by atoms with Gasteiger partial charge in [-0.15, -0.1) is 0 Å². The minimum atomic E-state index is -1.16. The first-order valence-electron chi connectivity index (χ1n) is 4.39. The van der Waals surface area contributed by atoms with Gasteiger partial charge in [0.2, 0.25) is 0 Å². The van der Waals surface area contributed by atoms with Crippen molar-refractivity contribution in [3.63, 3.8) is 0 Å². The van der Waals surface area contributed by atoms with E-state index < -0.39 is 3.79 Å². The van der Waals surface area contributed by atoms with Gasteiger partial charge in [0.25, 0.3) is 0 Å². The van der Waals surface area contributed by atoms with Crippen molar-refractivity contribution in [3.8, 4) is 0 Å². The molecular weight excluding hydrogens is 306 g/mol. The van der Waals surface area contributed by atoms with E-state index in [-0.39, 0.29) is 0 Å². The topological polar surface area (TPSA) is 0 Å². The maximum atomic E-state index is 5.59. The van der Waals surface area contributed by atoms with Crippen molar-refractivity contribution >= 4 is 50.7 Å². The average Bonchev–Trinajstić information content (AvgIpc) is 2.02. The minimum absolute atomic E-state index is 0.471. The number of hydrogen-bond donors (Lipinski definition) is 0. The monoisotopic (exact) mass is 318 g/mol. The molecule has 4 heteroatoms. The van der Waals surface area contributed by atoms with Crippen LogP contribution in [0.3, 0.4) is 0 Å². The highest BCUT2D eigenvalue weighted by molar-refractivity contribution is 9.09. The van der Waals surface area contributed by atoms with Crippen molar-refractivity contribution in [1.82, 2.24) is 0 Å². The summed E-state index contributed by atoms with van der Waals surface area (Å²) in [5.74, 6) is 0. The van der Waals surface area contributed by atoms with E-state index in [4.69, 9.17) is 34.8 Å². The van der Waals surface area contributed by atoms with Gasteiger partial charge in [-0.3, -0.25) is 0 Å². The summed E-state index contributed by atoms with van der Waals surface area (Å²) in [6.07, 6.45) is 8.64. The minimum Gasteiger partial charge on any atom is -0.0883 e. The Morgan fingerprint density at radius 3 is 2.43 bits per heavy atom. The summed E-state index contributed by atoms with van der Waals surface area (Å²) in [6, 6.07) is 0. The molecule has 0 unspecified atom stereocenters. The fraction of sp³-hybridized carbons (Fsp3) is 0.600. The van der Waals surface area contributed by atoms with Gasteiger partial charge in [-0.25, -0.2) is 0 Å². The Morgan fingerprint density at radius 1 is 1.29 bits per heavy atom. The van der Waals surface area contributed by atoms with Gasteiger partial charge in [0, 0.05) is 11.8 Å². The van der Waals surface area contributed by atoms with E-state index in [1.54, 1.807) is 0 Å². The molecular formula is C10H14BrCl3. The molecule has 0 nitrogen and oxygen atoms in total. The molecule has 0 aliphatic heterocycles. The molecule has 0 radical (unpaired) electrons. The van der Waals surface area contributed by atoms with Crippen LogP contribution < -0.4 is 0 Å². The predicted molar refractivity (Wildman–Crippen MR) is 70.8 cm³/mol. The zero-order chi connectivity index (χ0) is 11.0. The molecule has 0 aromatic heterocycles. The second kappa shape index (κ2) is 8.04. The van der Waals surface area contributed by atoms with E-state index in [0.29, 0.717) is 6.42 Å². The van der Waals surface area contributed by atoms with Crippen molar-refractivity contribution in [1.29, 1.82) is 0 Å². The third-order valence-corrected chi connectivity index (χ3v) is 2.43. The Labute approximate surface area is 109 Å². The standard InChI is InChI=1S/C10H14BrCl3/c1-9(6-8-11)5-3-2-4-7-10(12,13)14/h2,4,6H,3,5,7-8H2,1H3. The van der Waals surface area contributed by atoms with Crippen LogP contribution in [0.2, 0.25) is 0 Å². The van der Waals surface area contributed by atoms with Gasteiger partial charge in [0.15, 0.2) is 3.79 Å². The largest absolute Gasteiger partial charge is 0.194 e. The van der Waals surface area contributed by atoms with Crippen molar-refractivity contribution in [2.24, 2.45) is 0 Å². The zero-order valence-electron chi connectivity index (χ0n) is 8.07. The SMILES string of the molecule is CC(=CCBr)CCC=CCC(Cl)(Cl)Cl. The summed E-state index contributed by atoms with van der Waals surface area (Å²) in [5.41, 5.74) is 1.38. The molecule has 0 aromatic rings. The molecule has 0 N–H and O–H groups in total. The fourth-order valence-electron chi connectivity index (χ4n) is 0.880. The Hall–Kier alpha value is 0.830. The highest BCUT2D eigenvalue weighted by atomic mass is 79.9. The molecule has 0 aliphatic carbocycles. The third kappa shape index (κ3) is 10.9. The summed E-state index contributed by atoms with van der Waals surface area (Å²) in [6.45, 7) is 2.12. The molecule has 0 rings (SSSR count). The van der Waals surface area contributed by atoms with Crippen LogP contribution in [0.25, 0.3) is 0 Å². The van der Waals surface area contributed by atoms with Crippen LogP contribution in [0.4, 0.5) is 0 Å². The summed E-state index contributed by atoms with van der Waals surface area (Å²) in [5, 5.41) is 0.913. The molecule has 0 saturated carbocycles. The van der Waals surface area contributed by atoms with E-state index >= 15 is 0 Å². The Morgan fingerprint density at radius 2 is 1.93 bits per heavy atom. The molecule has 0 spiro atoms. The van der Waals surface area contributed by atoms with Crippen LogP contribution in [0, 0.1) is 0 Å². The summed E-state index contributed by atoms with van der Waals surface area (Å²) in [4.78, 5) is 0. The summed E-state index contributed by atoms with van der Waals surface area (Å²) >= 11 is 20.1. The van der Waals surface area contributed by atoms with Gasteiger partial charge in [0.1, 0.15) is 0 Å². The fourth-order valence-corrected chi connectivity index (χ4v) is 1.70. The molecule has 0 fully saturated rings. The molecule has 14 heavy (non-hydrogen) atoms. The van der Waals surface area contributed by atoms with Crippen LogP contribution in [0.5, 0.6) is 0 Å². The van der Waals surface area contributed by atoms with Gasteiger partial charge in [-0.1, -0.05) is 74.5 Å². The predicted octanol–water partition coefficient (Wildman–Crippen LogP) is 5.42. The first-order chi connectivity index (χ1) is 6.45. The molecule has 0 heterocycles. The van der Waals surface area contributed by atoms with Crippen LogP contribution in [-0.4, -0.2) is 9.12 Å². The van der Waals surface area contributed by atoms with E-state index in [2.05, 4.69) is 28.9 Å². The molecule has 0 saturated heterocycles. The van der Waals surface area contributed by atoms with Crippen LogP contribution in [0.15, 0.2) is 23.8 Å². The number of allylic oxidation sites excluding steroid dienone is 4. The van der Waals surface area contributed by atoms with Crippen molar-refractivity contribution in [2.75, 3.05) is 5.33 Å². The smallest absolute Gasteiger partial charge is 0.0883 e. The first kappa shape index (κ1) is 14.8. The van der Waals surface area contributed by atoms with Crippen molar-refractivity contribution in [2.45, 2.75) is 30.0 Å². The van der Waals surface area contributed by atoms with Gasteiger partial charge in [-0.05, 0) is 19.8 Å². The Bertz CT molecular complexity index is 204. The van der Waals surface area contributed by atoms with E-state index in [9.17, 15) is 0 Å².